The van der Waals surface area contributed by atoms with Crippen molar-refractivity contribution < 1.29 is 42.9 Å². The largest absolute Gasteiger partial charge is 0.456 e. The summed E-state index contributed by atoms with van der Waals surface area (Å²) in [6, 6.07) is 8.60. The fraction of sp³-hybridized carbons (Fsp3) is 0.528. The number of carbonyl (C=O) groups is 5. The van der Waals surface area contributed by atoms with E-state index in [0.29, 0.717) is 43.4 Å². The van der Waals surface area contributed by atoms with Crippen LogP contribution in [0.25, 0.3) is 11.2 Å². The van der Waals surface area contributed by atoms with Crippen molar-refractivity contribution in [2.75, 3.05) is 5.32 Å². The van der Waals surface area contributed by atoms with Gasteiger partial charge in [0.05, 0.1) is 6.33 Å². The SMILES string of the molecule is CC(=O)OC1[C@@H](OC(C)=O)[C@@H](C[C@@H](CCC(C)=NC(=O)OC(C)(C)C)CC[C@H](C)C(N)=O)O[C@H]1n1cnc2c(NC(=O)c3ccccc3)ncnc21. The normalized spacial score (nSPS) is 20.2. The van der Waals surface area contributed by atoms with Gasteiger partial charge in [0.2, 0.25) is 5.91 Å². The molecule has 1 unspecified atom stereocenters. The lowest BCUT2D eigenvalue weighted by Crippen LogP contribution is -2.39. The first-order valence-electron chi connectivity index (χ1n) is 17.1. The monoisotopic (exact) mass is 721 g/mol. The van der Waals surface area contributed by atoms with E-state index in [2.05, 4.69) is 25.3 Å². The van der Waals surface area contributed by atoms with E-state index >= 15 is 0 Å². The fourth-order valence-corrected chi connectivity index (χ4v) is 5.92. The molecule has 4 rings (SSSR count). The number of nitrogens with zero attached hydrogens (tertiary/aromatic N) is 5. The maximum absolute atomic E-state index is 12.9. The lowest BCUT2D eigenvalue weighted by molar-refractivity contribution is -0.165. The van der Waals surface area contributed by atoms with Crippen molar-refractivity contribution in [1.82, 2.24) is 19.5 Å². The summed E-state index contributed by atoms with van der Waals surface area (Å²) in [5, 5.41) is 2.76. The molecule has 3 aromatic rings. The lowest BCUT2D eigenvalue weighted by Gasteiger charge is -2.26. The summed E-state index contributed by atoms with van der Waals surface area (Å²) < 4.78 is 25.0. The Morgan fingerprint density at radius 3 is 2.27 bits per heavy atom. The van der Waals surface area contributed by atoms with Gasteiger partial charge in [-0.3, -0.25) is 23.7 Å². The molecule has 1 saturated heterocycles. The van der Waals surface area contributed by atoms with Crippen LogP contribution in [0.15, 0.2) is 48.0 Å². The molecule has 6 atom stereocenters. The van der Waals surface area contributed by atoms with E-state index in [-0.39, 0.29) is 22.9 Å². The number of esters is 2. The molecule has 0 radical (unpaired) electrons. The predicted molar refractivity (Wildman–Crippen MR) is 189 cm³/mol. The maximum Gasteiger partial charge on any atom is 0.434 e. The number of ether oxygens (including phenoxy) is 4. The molecule has 16 heteroatoms. The summed E-state index contributed by atoms with van der Waals surface area (Å²) in [5.74, 6) is -2.45. The molecule has 280 valence electrons. The van der Waals surface area contributed by atoms with Crippen LogP contribution in [0.5, 0.6) is 0 Å². The highest BCUT2D eigenvalue weighted by atomic mass is 16.6. The Bertz CT molecular complexity index is 1790. The van der Waals surface area contributed by atoms with Crippen LogP contribution in [0.3, 0.4) is 0 Å². The Hall–Kier alpha value is -5.25. The average molecular weight is 722 g/mol. The smallest absolute Gasteiger partial charge is 0.434 e. The first kappa shape index (κ1) is 39.5. The van der Waals surface area contributed by atoms with Crippen LogP contribution in [0.1, 0.15) is 97.2 Å². The number of nitrogens with one attached hydrogen (secondary N) is 1. The van der Waals surface area contributed by atoms with E-state index in [0.717, 1.165) is 0 Å². The summed E-state index contributed by atoms with van der Waals surface area (Å²) in [6.45, 7) is 11.2. The molecule has 3 N–H and O–H groups in total. The molecule has 1 fully saturated rings. The molecule has 52 heavy (non-hydrogen) atoms. The zero-order chi connectivity index (χ0) is 38.2. The summed E-state index contributed by atoms with van der Waals surface area (Å²) in [5.41, 5.74) is 6.36. The van der Waals surface area contributed by atoms with Crippen molar-refractivity contribution in [1.29, 1.82) is 0 Å². The van der Waals surface area contributed by atoms with E-state index in [9.17, 15) is 24.0 Å². The summed E-state index contributed by atoms with van der Waals surface area (Å²) in [4.78, 5) is 79.1. The average Bonchev–Trinajstić information content (AvgIpc) is 3.62. The van der Waals surface area contributed by atoms with Gasteiger partial charge in [0.1, 0.15) is 18.0 Å². The molecule has 1 aromatic carbocycles. The van der Waals surface area contributed by atoms with Gasteiger partial charge in [-0.1, -0.05) is 25.1 Å². The summed E-state index contributed by atoms with van der Waals surface area (Å²) >= 11 is 0. The molecular formula is C36H47N7O9. The van der Waals surface area contributed by atoms with Gasteiger partial charge >= 0.3 is 18.0 Å². The molecule has 3 heterocycles. The summed E-state index contributed by atoms with van der Waals surface area (Å²) in [6.07, 6.45) is 0.322. The number of fused-ring (bicyclic) bond motifs is 1. The van der Waals surface area contributed by atoms with Crippen LogP contribution < -0.4 is 11.1 Å². The van der Waals surface area contributed by atoms with Gasteiger partial charge < -0.3 is 30.0 Å². The van der Waals surface area contributed by atoms with Crippen molar-refractivity contribution in [3.05, 3.63) is 48.5 Å². The Morgan fingerprint density at radius 2 is 1.63 bits per heavy atom. The third kappa shape index (κ3) is 10.9. The van der Waals surface area contributed by atoms with E-state index in [1.54, 1.807) is 69.5 Å². The van der Waals surface area contributed by atoms with Gasteiger partial charge in [-0.05, 0) is 77.8 Å². The second-order valence-electron chi connectivity index (χ2n) is 13.9. The number of hydrogen-bond donors (Lipinski definition) is 2. The van der Waals surface area contributed by atoms with Crippen LogP contribution in [0, 0.1) is 11.8 Å². The van der Waals surface area contributed by atoms with E-state index in [1.807, 2.05) is 0 Å². The molecular weight excluding hydrogens is 674 g/mol. The molecule has 16 nitrogen and oxygen atoms in total. The van der Waals surface area contributed by atoms with Gasteiger partial charge in [-0.25, -0.2) is 19.7 Å². The summed E-state index contributed by atoms with van der Waals surface area (Å²) in [7, 11) is 0. The van der Waals surface area contributed by atoms with E-state index in [4.69, 9.17) is 24.7 Å². The number of aliphatic imine (C=N–C) groups is 1. The van der Waals surface area contributed by atoms with Crippen LogP contribution in [0.2, 0.25) is 0 Å². The third-order valence-electron chi connectivity index (χ3n) is 8.44. The molecule has 1 aliphatic rings. The second kappa shape index (κ2) is 17.3. The van der Waals surface area contributed by atoms with Crippen molar-refractivity contribution in [3.63, 3.8) is 0 Å². The van der Waals surface area contributed by atoms with E-state index in [1.165, 1.54) is 26.5 Å². The fourth-order valence-electron chi connectivity index (χ4n) is 5.92. The number of nitrogens with two attached hydrogens (primary N) is 1. The molecule has 0 saturated carbocycles. The number of benzene rings is 1. The molecule has 0 spiro atoms. The number of primary amides is 1. The Labute approximate surface area is 301 Å². The highest BCUT2D eigenvalue weighted by Crippen LogP contribution is 2.40. The van der Waals surface area contributed by atoms with Crippen LogP contribution in [-0.2, 0) is 33.3 Å². The highest BCUT2D eigenvalue weighted by molar-refractivity contribution is 6.06. The van der Waals surface area contributed by atoms with Crippen molar-refractivity contribution in [3.8, 4) is 0 Å². The predicted octanol–water partition coefficient (Wildman–Crippen LogP) is 4.92. The standard InChI is InChI=1S/C36H47N7O9/c1-20(30(37)46)13-15-24(16-14-21(2)41-35(48)52-36(5,6)7)17-26-28(49-22(3)44)29(50-23(4)45)34(51-26)43-19-40-27-31(38-18-39-32(27)43)42-33(47)25-11-9-8-10-12-25/h8-12,18-20,24,26,28-29,34H,13-17H2,1-7H3,(H2,37,46)(H,38,39,42,47)/t20-,24+,26+,28-,29?,34+/m0/s1. The third-order valence-corrected chi connectivity index (χ3v) is 8.44. The first-order valence-corrected chi connectivity index (χ1v) is 17.1. The minimum Gasteiger partial charge on any atom is -0.456 e. The van der Waals surface area contributed by atoms with Gasteiger partial charge in [0.15, 0.2) is 35.4 Å². The molecule has 0 bridgehead atoms. The van der Waals surface area contributed by atoms with E-state index < -0.39 is 65.9 Å². The number of rotatable bonds is 14. The zero-order valence-electron chi connectivity index (χ0n) is 30.5. The first-order chi connectivity index (χ1) is 24.5. The number of carbonyl (C=O) groups excluding carboxylic acids is 5. The van der Waals surface area contributed by atoms with Gasteiger partial charge in [-0.2, -0.15) is 4.99 Å². The topological polar surface area (TPSA) is 216 Å². The van der Waals surface area contributed by atoms with Crippen LogP contribution in [0.4, 0.5) is 10.6 Å². The number of anilines is 1. The Kier molecular flexibility index (Phi) is 13.2. The quantitative estimate of drug-likeness (QED) is 0.129. The zero-order valence-corrected chi connectivity index (χ0v) is 30.5. The van der Waals surface area contributed by atoms with Crippen LogP contribution in [-0.4, -0.2) is 79.0 Å². The number of amides is 3. The van der Waals surface area contributed by atoms with Gasteiger partial charge in [0, 0.05) is 31.0 Å². The maximum atomic E-state index is 12.9. The Morgan fingerprint density at radius 1 is 0.962 bits per heavy atom. The Balaban J connectivity index is 1.64. The molecule has 2 aromatic heterocycles. The lowest BCUT2D eigenvalue weighted by atomic mass is 9.86. The number of hydrogen-bond acceptors (Lipinski definition) is 12. The van der Waals surface area contributed by atoms with Crippen LogP contribution >= 0.6 is 0 Å². The van der Waals surface area contributed by atoms with Crippen molar-refractivity contribution >= 4 is 52.5 Å². The second-order valence-corrected chi connectivity index (χ2v) is 13.9. The van der Waals surface area contributed by atoms with Crippen molar-refractivity contribution in [2.24, 2.45) is 22.6 Å². The minimum atomic E-state index is -1.11. The number of aromatic nitrogens is 4. The highest BCUT2D eigenvalue weighted by Gasteiger charge is 2.51. The van der Waals surface area contributed by atoms with Gasteiger partial charge in [-0.15, -0.1) is 0 Å². The minimum absolute atomic E-state index is 0.132. The van der Waals surface area contributed by atoms with Crippen molar-refractivity contribution in [2.45, 2.75) is 111 Å². The van der Waals surface area contributed by atoms with Gasteiger partial charge in [0.25, 0.3) is 5.91 Å². The molecule has 3 amide bonds. The molecule has 1 aliphatic heterocycles. The molecule has 0 aliphatic carbocycles. The number of imidazole rings is 1.